The van der Waals surface area contributed by atoms with Gasteiger partial charge in [-0.3, -0.25) is 10.2 Å². The number of ether oxygens (including phenoxy) is 1. The molecular weight excluding hydrogens is 407 g/mol. The Bertz CT molecular complexity index is 742. The fourth-order valence-corrected chi connectivity index (χ4v) is 3.81. The SMILES string of the molecule is Cn1ncc(CC(=O)NC2CC([C@H]3CC[C@@H](OC(=O)NCCC(F)(F)F)C3)NN2)n1. The number of nitrogens with one attached hydrogen (secondary N) is 4. The van der Waals surface area contributed by atoms with Crippen LogP contribution in [0.25, 0.3) is 0 Å². The van der Waals surface area contributed by atoms with Gasteiger partial charge in [-0.1, -0.05) is 0 Å². The molecule has 2 aliphatic rings. The summed E-state index contributed by atoms with van der Waals surface area (Å²) in [5.41, 5.74) is 6.81. The molecule has 1 aromatic heterocycles. The largest absolute Gasteiger partial charge is 0.446 e. The second-order valence-electron chi connectivity index (χ2n) is 7.65. The number of amides is 2. The molecule has 2 unspecified atom stereocenters. The summed E-state index contributed by atoms with van der Waals surface area (Å²) in [6, 6.07) is 0.0914. The van der Waals surface area contributed by atoms with E-state index >= 15 is 0 Å². The van der Waals surface area contributed by atoms with Gasteiger partial charge >= 0.3 is 12.3 Å². The molecule has 2 fully saturated rings. The third-order valence-corrected chi connectivity index (χ3v) is 5.20. The molecule has 0 spiro atoms. The van der Waals surface area contributed by atoms with Gasteiger partial charge in [0.25, 0.3) is 0 Å². The van der Waals surface area contributed by atoms with Gasteiger partial charge in [-0.15, -0.1) is 0 Å². The van der Waals surface area contributed by atoms with E-state index in [9.17, 15) is 22.8 Å². The summed E-state index contributed by atoms with van der Waals surface area (Å²) in [7, 11) is 1.68. The third-order valence-electron chi connectivity index (χ3n) is 5.20. The summed E-state index contributed by atoms with van der Waals surface area (Å²) in [5, 5.41) is 13.0. The van der Waals surface area contributed by atoms with Crippen LogP contribution in [0, 0.1) is 5.92 Å². The lowest BCUT2D eigenvalue weighted by molar-refractivity contribution is -0.133. The van der Waals surface area contributed by atoms with E-state index in [1.54, 1.807) is 13.2 Å². The molecule has 30 heavy (non-hydrogen) atoms. The first kappa shape index (κ1) is 22.3. The standard InChI is InChI=1S/C17H26F3N7O3/c1-27-22-9-11(26-27)7-15(28)23-14-8-13(24-25-14)10-2-3-12(6-10)30-16(29)21-5-4-17(18,19)20/h9-10,12-14,24-25H,2-8H2,1H3,(H,21,29)(H,23,28)/t10-,12+,13?,14?/m0/s1. The number of hydrogen-bond acceptors (Lipinski definition) is 7. The lowest BCUT2D eigenvalue weighted by Gasteiger charge is -2.18. The molecule has 1 saturated heterocycles. The highest BCUT2D eigenvalue weighted by Crippen LogP contribution is 2.32. The topological polar surface area (TPSA) is 122 Å². The Morgan fingerprint density at radius 1 is 1.30 bits per heavy atom. The minimum absolute atomic E-state index is 0.0914. The molecule has 4 N–H and O–H groups in total. The molecule has 1 saturated carbocycles. The Balaban J connectivity index is 1.34. The first-order valence-corrected chi connectivity index (χ1v) is 9.85. The van der Waals surface area contributed by atoms with Crippen molar-refractivity contribution in [2.45, 2.75) is 63.0 Å². The molecule has 3 rings (SSSR count). The monoisotopic (exact) mass is 433 g/mol. The molecule has 1 aromatic rings. The van der Waals surface area contributed by atoms with E-state index in [4.69, 9.17) is 4.74 Å². The molecule has 0 radical (unpaired) electrons. The van der Waals surface area contributed by atoms with Crippen molar-refractivity contribution in [3.8, 4) is 0 Å². The molecule has 2 heterocycles. The molecule has 2 amide bonds. The second-order valence-corrected chi connectivity index (χ2v) is 7.65. The Hall–Kier alpha value is -2.41. The number of alkyl carbamates (subject to hydrolysis) is 1. The van der Waals surface area contributed by atoms with Gasteiger partial charge in [0, 0.05) is 19.6 Å². The quantitative estimate of drug-likeness (QED) is 0.494. The van der Waals surface area contributed by atoms with E-state index in [-0.39, 0.29) is 36.6 Å². The highest BCUT2D eigenvalue weighted by atomic mass is 19.4. The Morgan fingerprint density at radius 2 is 2.10 bits per heavy atom. The summed E-state index contributed by atoms with van der Waals surface area (Å²) in [4.78, 5) is 25.2. The number of nitrogens with zero attached hydrogens (tertiary/aromatic N) is 3. The number of alkyl halides is 3. The maximum Gasteiger partial charge on any atom is 0.407 e. The highest BCUT2D eigenvalue weighted by Gasteiger charge is 2.37. The highest BCUT2D eigenvalue weighted by molar-refractivity contribution is 5.78. The molecule has 13 heteroatoms. The van der Waals surface area contributed by atoms with Crippen LogP contribution in [0.15, 0.2) is 6.20 Å². The van der Waals surface area contributed by atoms with Gasteiger partial charge in [0.15, 0.2) is 0 Å². The lowest BCUT2D eigenvalue weighted by atomic mass is 9.96. The summed E-state index contributed by atoms with van der Waals surface area (Å²) < 4.78 is 41.6. The van der Waals surface area contributed by atoms with E-state index in [2.05, 4.69) is 31.7 Å². The molecule has 4 atom stereocenters. The van der Waals surface area contributed by atoms with Crippen LogP contribution < -0.4 is 21.5 Å². The van der Waals surface area contributed by atoms with Gasteiger partial charge in [-0.2, -0.15) is 28.2 Å². The van der Waals surface area contributed by atoms with Crippen molar-refractivity contribution in [1.82, 2.24) is 36.5 Å². The van der Waals surface area contributed by atoms with E-state index in [0.717, 1.165) is 6.42 Å². The third kappa shape index (κ3) is 6.83. The maximum atomic E-state index is 12.1. The van der Waals surface area contributed by atoms with Crippen molar-refractivity contribution in [3.63, 3.8) is 0 Å². The maximum absolute atomic E-state index is 12.1. The summed E-state index contributed by atoms with van der Waals surface area (Å²) in [6.07, 6.45) is -2.34. The van der Waals surface area contributed by atoms with Gasteiger partial charge in [-0.25, -0.2) is 10.2 Å². The molecular formula is C17H26F3N7O3. The molecule has 10 nitrogen and oxygen atoms in total. The number of aromatic nitrogens is 3. The van der Waals surface area contributed by atoms with Crippen LogP contribution in [0.5, 0.6) is 0 Å². The Kier molecular flexibility index (Phi) is 7.13. The number of hydrazine groups is 1. The van der Waals surface area contributed by atoms with Crippen molar-refractivity contribution in [1.29, 1.82) is 0 Å². The van der Waals surface area contributed by atoms with Crippen LogP contribution in [-0.4, -0.2) is 58.0 Å². The van der Waals surface area contributed by atoms with Gasteiger partial charge in [0.1, 0.15) is 6.10 Å². The van der Waals surface area contributed by atoms with Crippen molar-refractivity contribution in [2.24, 2.45) is 13.0 Å². The zero-order chi connectivity index (χ0) is 21.7. The van der Waals surface area contributed by atoms with E-state index in [1.165, 1.54) is 4.80 Å². The van der Waals surface area contributed by atoms with Gasteiger partial charge in [0.2, 0.25) is 5.91 Å². The second kappa shape index (κ2) is 9.60. The number of halogens is 3. The summed E-state index contributed by atoms with van der Waals surface area (Å²) in [6.45, 7) is -0.497. The van der Waals surface area contributed by atoms with Crippen LogP contribution in [0.4, 0.5) is 18.0 Å². The molecule has 0 aromatic carbocycles. The Morgan fingerprint density at radius 3 is 2.80 bits per heavy atom. The zero-order valence-electron chi connectivity index (χ0n) is 16.5. The summed E-state index contributed by atoms with van der Waals surface area (Å²) in [5.74, 6) is 0.0611. The smallest absolute Gasteiger partial charge is 0.407 e. The lowest BCUT2D eigenvalue weighted by Crippen LogP contribution is -2.45. The Labute approximate surface area is 171 Å². The molecule has 1 aliphatic carbocycles. The number of aryl methyl sites for hydroxylation is 1. The average molecular weight is 433 g/mol. The fraction of sp³-hybridized carbons (Fsp3) is 0.765. The fourth-order valence-electron chi connectivity index (χ4n) is 3.81. The van der Waals surface area contributed by atoms with Gasteiger partial charge < -0.3 is 15.4 Å². The predicted molar refractivity (Wildman–Crippen MR) is 97.6 cm³/mol. The van der Waals surface area contributed by atoms with Crippen molar-refractivity contribution >= 4 is 12.0 Å². The number of rotatable bonds is 7. The summed E-state index contributed by atoms with van der Waals surface area (Å²) >= 11 is 0. The number of carbonyl (C=O) groups excluding carboxylic acids is 2. The minimum Gasteiger partial charge on any atom is -0.446 e. The average Bonchev–Trinajstić information content (AvgIpc) is 3.35. The van der Waals surface area contributed by atoms with Crippen molar-refractivity contribution in [3.05, 3.63) is 11.9 Å². The van der Waals surface area contributed by atoms with Crippen LogP contribution in [0.1, 0.15) is 37.8 Å². The van der Waals surface area contributed by atoms with Crippen LogP contribution in [-0.2, 0) is 23.0 Å². The predicted octanol–water partition coefficient (Wildman–Crippen LogP) is 0.514. The molecule has 168 valence electrons. The van der Waals surface area contributed by atoms with Gasteiger partial charge in [-0.05, 0) is 31.6 Å². The van der Waals surface area contributed by atoms with Crippen LogP contribution in [0.2, 0.25) is 0 Å². The zero-order valence-corrected chi connectivity index (χ0v) is 16.5. The minimum atomic E-state index is -4.31. The number of carbonyl (C=O) groups is 2. The first-order valence-electron chi connectivity index (χ1n) is 9.85. The van der Waals surface area contributed by atoms with E-state index in [1.807, 2.05) is 0 Å². The molecule has 0 bridgehead atoms. The van der Waals surface area contributed by atoms with Gasteiger partial charge in [0.05, 0.1) is 30.9 Å². The van der Waals surface area contributed by atoms with E-state index in [0.29, 0.717) is 25.0 Å². The molecule has 1 aliphatic heterocycles. The normalized spacial score (nSPS) is 26.5. The van der Waals surface area contributed by atoms with Crippen molar-refractivity contribution in [2.75, 3.05) is 6.54 Å². The van der Waals surface area contributed by atoms with Crippen LogP contribution in [0.3, 0.4) is 0 Å². The van der Waals surface area contributed by atoms with E-state index < -0.39 is 25.2 Å². The number of hydrogen-bond donors (Lipinski definition) is 4. The van der Waals surface area contributed by atoms with Crippen molar-refractivity contribution < 1.29 is 27.5 Å². The van der Waals surface area contributed by atoms with Crippen LogP contribution >= 0.6 is 0 Å². The first-order chi connectivity index (χ1) is 14.2.